The maximum absolute atomic E-state index is 12.8. The summed E-state index contributed by atoms with van der Waals surface area (Å²) >= 11 is 0. The van der Waals surface area contributed by atoms with Crippen molar-refractivity contribution in [3.8, 4) is 11.8 Å². The second kappa shape index (κ2) is 16.3. The summed E-state index contributed by atoms with van der Waals surface area (Å²) in [5.74, 6) is 4.03. The highest BCUT2D eigenvalue weighted by Gasteiger charge is 2.39. The number of alkyl halides is 3. The highest BCUT2D eigenvalue weighted by molar-refractivity contribution is 8.77. The Labute approximate surface area is 243 Å². The average molecular weight is 626 g/mol. The summed E-state index contributed by atoms with van der Waals surface area (Å²) in [4.78, 5) is 33.8. The number of aromatic nitrogens is 2. The second-order valence-electron chi connectivity index (χ2n) is 9.44. The Morgan fingerprint density at radius 1 is 1.41 bits per heavy atom. The topological polar surface area (TPSA) is 137 Å². The molecule has 41 heavy (non-hydrogen) atoms. The lowest BCUT2D eigenvalue weighted by Gasteiger charge is -2.23. The molecule has 0 spiro atoms. The van der Waals surface area contributed by atoms with Crippen molar-refractivity contribution in [2.45, 2.75) is 49.6 Å². The van der Waals surface area contributed by atoms with Crippen LogP contribution in [0.4, 0.5) is 19.0 Å². The lowest BCUT2D eigenvalue weighted by atomic mass is 10.2. The number of aliphatic imine (C=N–C) groups is 1. The molecule has 230 valence electrons. The number of hydrogen-bond acceptors (Lipinski definition) is 11. The van der Waals surface area contributed by atoms with Gasteiger partial charge >= 0.3 is 17.8 Å². The van der Waals surface area contributed by atoms with Crippen LogP contribution in [0.15, 0.2) is 16.0 Å². The van der Waals surface area contributed by atoms with Crippen molar-refractivity contribution in [1.29, 1.82) is 0 Å². The number of nitrogens with zero attached hydrogens (tertiary/aromatic N) is 4. The number of carbonyl (C=O) groups is 1. The van der Waals surface area contributed by atoms with E-state index in [0.717, 1.165) is 0 Å². The Morgan fingerprint density at radius 3 is 2.78 bits per heavy atom. The zero-order chi connectivity index (χ0) is 30.6. The van der Waals surface area contributed by atoms with Crippen molar-refractivity contribution in [2.75, 3.05) is 53.7 Å². The molecule has 0 aliphatic carbocycles. The van der Waals surface area contributed by atoms with Gasteiger partial charge in [0, 0.05) is 45.1 Å². The number of amides is 1. The van der Waals surface area contributed by atoms with Crippen LogP contribution in [0.25, 0.3) is 0 Å². The molecule has 1 unspecified atom stereocenters. The minimum atomic E-state index is -4.93. The molecule has 0 radical (unpaired) electrons. The summed E-state index contributed by atoms with van der Waals surface area (Å²) in [6.07, 6.45) is -3.60. The average Bonchev–Trinajstić information content (AvgIpc) is 3.31. The van der Waals surface area contributed by atoms with Crippen LogP contribution in [-0.2, 0) is 23.7 Å². The third kappa shape index (κ3) is 11.8. The van der Waals surface area contributed by atoms with E-state index in [1.165, 1.54) is 45.8 Å². The maximum Gasteiger partial charge on any atom is 0.471 e. The Hall–Kier alpha value is -2.33. The number of nitrogens with one attached hydrogen (secondary N) is 1. The van der Waals surface area contributed by atoms with Gasteiger partial charge in [-0.25, -0.2) is 9.79 Å². The fourth-order valence-corrected chi connectivity index (χ4v) is 5.39. The maximum atomic E-state index is 12.8. The molecule has 1 aromatic heterocycles. The third-order valence-electron chi connectivity index (χ3n) is 5.16. The predicted octanol–water partition coefficient (Wildman–Crippen LogP) is 1.90. The Kier molecular flexibility index (Phi) is 13.9. The van der Waals surface area contributed by atoms with Gasteiger partial charge in [-0.15, -0.1) is 0 Å². The molecule has 1 aromatic rings. The molecule has 12 nitrogen and oxygen atoms in total. The monoisotopic (exact) mass is 625 g/mol. The van der Waals surface area contributed by atoms with Gasteiger partial charge in [0.2, 0.25) is 0 Å². The highest BCUT2D eigenvalue weighted by atomic mass is 33.1. The van der Waals surface area contributed by atoms with E-state index in [1.54, 1.807) is 32.8 Å². The molecule has 17 heteroatoms. The van der Waals surface area contributed by atoms with Gasteiger partial charge in [-0.05, 0) is 13.8 Å². The number of aliphatic hydroxyl groups excluding tert-OH is 1. The zero-order valence-electron chi connectivity index (χ0n) is 23.3. The third-order valence-corrected chi connectivity index (χ3v) is 8.13. The first-order valence-electron chi connectivity index (χ1n) is 12.2. The number of aliphatic hydroxyl groups is 1. The number of carbonyl (C=O) groups excluding carboxylic acids is 1. The van der Waals surface area contributed by atoms with Crippen LogP contribution in [0, 0.1) is 11.8 Å². The molecule has 0 saturated carbocycles. The van der Waals surface area contributed by atoms with Gasteiger partial charge in [0.25, 0.3) is 0 Å². The quantitative estimate of drug-likeness (QED) is 0.0784. The first kappa shape index (κ1) is 34.9. The summed E-state index contributed by atoms with van der Waals surface area (Å²) in [7, 11) is 7.51. The van der Waals surface area contributed by atoms with Crippen molar-refractivity contribution in [1.82, 2.24) is 19.8 Å². The van der Waals surface area contributed by atoms with Gasteiger partial charge in [-0.1, -0.05) is 33.4 Å². The highest BCUT2D eigenvalue weighted by Crippen LogP contribution is 2.35. The van der Waals surface area contributed by atoms with Crippen LogP contribution in [0.3, 0.4) is 0 Å². The summed E-state index contributed by atoms with van der Waals surface area (Å²) in [6, 6.07) is 0. The number of rotatable bonds is 14. The van der Waals surface area contributed by atoms with Crippen molar-refractivity contribution in [3.63, 3.8) is 0 Å². The van der Waals surface area contributed by atoms with Gasteiger partial charge in [-0.3, -0.25) is 9.36 Å². The molecular formula is C24H34F3N5O7S2. The molecule has 1 aliphatic rings. The van der Waals surface area contributed by atoms with E-state index in [0.29, 0.717) is 5.56 Å². The molecule has 1 amide bonds. The van der Waals surface area contributed by atoms with Crippen LogP contribution in [-0.4, -0.2) is 109 Å². The van der Waals surface area contributed by atoms with Crippen molar-refractivity contribution in [2.24, 2.45) is 4.99 Å². The molecule has 1 fully saturated rings. The van der Waals surface area contributed by atoms with Crippen LogP contribution in [0.2, 0.25) is 0 Å². The first-order chi connectivity index (χ1) is 19.3. The van der Waals surface area contributed by atoms with E-state index in [1.807, 2.05) is 5.32 Å². The largest absolute Gasteiger partial charge is 0.471 e. The summed E-state index contributed by atoms with van der Waals surface area (Å²) < 4.78 is 59.5. The van der Waals surface area contributed by atoms with E-state index < -0.39 is 41.0 Å². The molecule has 2 N–H and O–H groups in total. The number of halogens is 3. The van der Waals surface area contributed by atoms with Crippen LogP contribution in [0.1, 0.15) is 32.1 Å². The fourth-order valence-electron chi connectivity index (χ4n) is 3.25. The number of ether oxygens (including phenoxy) is 4. The van der Waals surface area contributed by atoms with E-state index in [-0.39, 0.29) is 44.7 Å². The second-order valence-corrected chi connectivity index (χ2v) is 12.4. The van der Waals surface area contributed by atoms with E-state index in [9.17, 15) is 27.9 Å². The van der Waals surface area contributed by atoms with Crippen LogP contribution < -0.4 is 11.0 Å². The molecule has 1 saturated heterocycles. The number of hydrogen-bond donors (Lipinski definition) is 2. The van der Waals surface area contributed by atoms with E-state index in [2.05, 4.69) is 21.8 Å². The molecule has 1 aliphatic heterocycles. The standard InChI is InChI=1S/C24H34F3N5O7S2/c1-23(2,12-28-21(34)24(25,26)27)41-40-15-37-8-6-7-16-10-32(22(35)30-20(16)29-13-31(3)4)19-9-17(38-14-36-5)18(11-33)39-19/h10,13,17-19,33H,8-9,11-12,14-15H2,1-5H3,(H,28,34)/t17?,18-,19-/m1/s1. The lowest BCUT2D eigenvalue weighted by Crippen LogP contribution is -2.42. The summed E-state index contributed by atoms with van der Waals surface area (Å²) in [5.41, 5.74) is -0.283. The van der Waals surface area contributed by atoms with Crippen molar-refractivity contribution in [3.05, 3.63) is 22.2 Å². The Balaban J connectivity index is 2.03. The molecule has 2 heterocycles. The zero-order valence-corrected chi connectivity index (χ0v) is 24.9. The molecule has 3 atom stereocenters. The molecule has 2 rings (SSSR count). The minimum Gasteiger partial charge on any atom is -0.394 e. The summed E-state index contributed by atoms with van der Waals surface area (Å²) in [6.45, 7) is 2.92. The SMILES string of the molecule is COCOC1C[C@H](n2cc(C#CCOCSSC(C)(C)CNC(=O)C(F)(F)F)c(N=CN(C)C)nc2=O)O[C@@H]1CO. The van der Waals surface area contributed by atoms with Crippen molar-refractivity contribution < 1.29 is 42.0 Å². The Bertz CT molecular complexity index is 1160. The van der Waals surface area contributed by atoms with E-state index >= 15 is 0 Å². The van der Waals surface area contributed by atoms with Gasteiger partial charge in [-0.2, -0.15) is 18.2 Å². The van der Waals surface area contributed by atoms with Gasteiger partial charge in [0.15, 0.2) is 5.82 Å². The molecular weight excluding hydrogens is 591 g/mol. The predicted molar refractivity (Wildman–Crippen MR) is 149 cm³/mol. The minimum absolute atomic E-state index is 0.00220. The molecule has 0 aromatic carbocycles. The van der Waals surface area contributed by atoms with Gasteiger partial charge < -0.3 is 34.3 Å². The Morgan fingerprint density at radius 2 is 2.15 bits per heavy atom. The first-order valence-corrected chi connectivity index (χ1v) is 14.5. The van der Waals surface area contributed by atoms with Crippen LogP contribution in [0.5, 0.6) is 0 Å². The smallest absolute Gasteiger partial charge is 0.394 e. The number of methoxy groups -OCH3 is 1. The fraction of sp³-hybridized carbons (Fsp3) is 0.667. The molecule has 0 bridgehead atoms. The van der Waals surface area contributed by atoms with E-state index in [4.69, 9.17) is 18.9 Å². The van der Waals surface area contributed by atoms with Gasteiger partial charge in [0.1, 0.15) is 31.7 Å². The van der Waals surface area contributed by atoms with Gasteiger partial charge in [0.05, 0.1) is 24.6 Å². The normalized spacial score (nSPS) is 19.3. The van der Waals surface area contributed by atoms with Crippen molar-refractivity contribution >= 4 is 39.7 Å². The van der Waals surface area contributed by atoms with Crippen LogP contribution >= 0.6 is 21.6 Å². The lowest BCUT2D eigenvalue weighted by molar-refractivity contribution is -0.173. The summed E-state index contributed by atoms with van der Waals surface area (Å²) in [5, 5.41) is 11.5.